The summed E-state index contributed by atoms with van der Waals surface area (Å²) in [5, 5.41) is 6.36. The summed E-state index contributed by atoms with van der Waals surface area (Å²) in [7, 11) is 0. The molecule has 7 nitrogen and oxygen atoms in total. The Morgan fingerprint density at radius 1 is 0.938 bits per heavy atom. The van der Waals surface area contributed by atoms with E-state index in [1.807, 2.05) is 19.1 Å². The first kappa shape index (κ1) is 22.4. The lowest BCUT2D eigenvalue weighted by atomic mass is 10.1. The Labute approximate surface area is 183 Å². The Balaban J connectivity index is 1.47. The average molecular weight is 433 g/mol. The molecule has 8 heteroatoms. The van der Waals surface area contributed by atoms with Gasteiger partial charge in [0.15, 0.2) is 0 Å². The zero-order valence-corrected chi connectivity index (χ0v) is 17.2. The van der Waals surface area contributed by atoms with E-state index in [0.717, 1.165) is 5.56 Å². The maximum Gasteiger partial charge on any atom is 0.346 e. The molecule has 3 aromatic rings. The van der Waals surface area contributed by atoms with Crippen molar-refractivity contribution in [3.8, 4) is 5.75 Å². The molecule has 0 atom stereocenters. The monoisotopic (exact) mass is 433 g/mol. The molecule has 32 heavy (non-hydrogen) atoms. The van der Waals surface area contributed by atoms with Crippen molar-refractivity contribution in [2.24, 2.45) is 5.10 Å². The Kier molecular flexibility index (Phi) is 7.42. The Bertz CT molecular complexity index is 1160. The molecular weight excluding hydrogens is 413 g/mol. The van der Waals surface area contributed by atoms with Gasteiger partial charge in [0.05, 0.1) is 18.3 Å². The SMILES string of the molecule is Cc1ccccc1C(=O)NCC(=O)N/N=C/c1ccc(OC(=O)c2ccccc2F)cc1. The Morgan fingerprint density at radius 3 is 2.28 bits per heavy atom. The third kappa shape index (κ3) is 6.09. The first-order valence-electron chi connectivity index (χ1n) is 9.66. The van der Waals surface area contributed by atoms with Crippen molar-refractivity contribution in [1.29, 1.82) is 0 Å². The van der Waals surface area contributed by atoms with Gasteiger partial charge >= 0.3 is 5.97 Å². The van der Waals surface area contributed by atoms with Crippen LogP contribution in [-0.2, 0) is 4.79 Å². The van der Waals surface area contributed by atoms with Gasteiger partial charge in [-0.3, -0.25) is 9.59 Å². The van der Waals surface area contributed by atoms with Gasteiger partial charge in [-0.2, -0.15) is 5.10 Å². The normalized spacial score (nSPS) is 10.6. The number of carbonyl (C=O) groups is 3. The second-order valence-electron chi connectivity index (χ2n) is 6.73. The zero-order valence-electron chi connectivity index (χ0n) is 17.2. The molecule has 2 amide bonds. The molecule has 3 rings (SSSR count). The van der Waals surface area contributed by atoms with Gasteiger partial charge in [0, 0.05) is 5.56 Å². The highest BCUT2D eigenvalue weighted by Gasteiger charge is 2.13. The number of amides is 2. The smallest absolute Gasteiger partial charge is 0.346 e. The van der Waals surface area contributed by atoms with Crippen molar-refractivity contribution in [2.75, 3.05) is 6.54 Å². The summed E-state index contributed by atoms with van der Waals surface area (Å²) in [4.78, 5) is 36.0. The molecule has 0 saturated heterocycles. The van der Waals surface area contributed by atoms with Crippen molar-refractivity contribution in [3.63, 3.8) is 0 Å². The Hall–Kier alpha value is -4.33. The molecule has 0 aromatic heterocycles. The number of rotatable bonds is 7. The van der Waals surface area contributed by atoms with Gasteiger partial charge in [-0.15, -0.1) is 0 Å². The van der Waals surface area contributed by atoms with Crippen molar-refractivity contribution < 1.29 is 23.5 Å². The number of carbonyl (C=O) groups excluding carboxylic acids is 3. The van der Waals surface area contributed by atoms with Gasteiger partial charge in [-0.25, -0.2) is 14.6 Å². The molecule has 0 bridgehead atoms. The molecule has 0 unspecified atom stereocenters. The third-order valence-electron chi connectivity index (χ3n) is 4.39. The first-order chi connectivity index (χ1) is 15.4. The highest BCUT2D eigenvalue weighted by atomic mass is 19.1. The van der Waals surface area contributed by atoms with E-state index in [9.17, 15) is 18.8 Å². The van der Waals surface area contributed by atoms with Gasteiger partial charge in [-0.05, 0) is 60.5 Å². The lowest BCUT2D eigenvalue weighted by Crippen LogP contribution is -2.35. The fraction of sp³-hybridized carbons (Fsp3) is 0.0833. The largest absolute Gasteiger partial charge is 0.423 e. The van der Waals surface area contributed by atoms with Crippen LogP contribution in [-0.4, -0.2) is 30.5 Å². The van der Waals surface area contributed by atoms with Crippen molar-refractivity contribution in [2.45, 2.75) is 6.92 Å². The van der Waals surface area contributed by atoms with E-state index in [-0.39, 0.29) is 23.8 Å². The van der Waals surface area contributed by atoms with Crippen LogP contribution in [0, 0.1) is 12.7 Å². The minimum Gasteiger partial charge on any atom is -0.423 e. The van der Waals surface area contributed by atoms with E-state index in [0.29, 0.717) is 11.1 Å². The first-order valence-corrected chi connectivity index (χ1v) is 9.66. The van der Waals surface area contributed by atoms with Crippen LogP contribution in [0.4, 0.5) is 4.39 Å². The number of hydrogen-bond acceptors (Lipinski definition) is 5. The fourth-order valence-electron chi connectivity index (χ4n) is 2.71. The molecule has 0 radical (unpaired) electrons. The van der Waals surface area contributed by atoms with E-state index in [4.69, 9.17) is 4.74 Å². The fourth-order valence-corrected chi connectivity index (χ4v) is 2.71. The van der Waals surface area contributed by atoms with E-state index < -0.39 is 17.7 Å². The van der Waals surface area contributed by atoms with Crippen LogP contribution in [0.3, 0.4) is 0 Å². The number of halogens is 1. The van der Waals surface area contributed by atoms with Crippen LogP contribution in [0.1, 0.15) is 31.8 Å². The highest BCUT2D eigenvalue weighted by Crippen LogP contribution is 2.15. The van der Waals surface area contributed by atoms with E-state index >= 15 is 0 Å². The quantitative estimate of drug-likeness (QED) is 0.259. The number of hydrogen-bond donors (Lipinski definition) is 2. The van der Waals surface area contributed by atoms with Gasteiger partial charge in [0.2, 0.25) is 0 Å². The summed E-state index contributed by atoms with van der Waals surface area (Å²) in [5.74, 6) is -2.06. The van der Waals surface area contributed by atoms with Gasteiger partial charge < -0.3 is 10.1 Å². The van der Waals surface area contributed by atoms with Crippen molar-refractivity contribution >= 4 is 24.0 Å². The molecule has 162 valence electrons. The van der Waals surface area contributed by atoms with Crippen molar-refractivity contribution in [1.82, 2.24) is 10.7 Å². The van der Waals surface area contributed by atoms with E-state index in [2.05, 4.69) is 15.8 Å². The zero-order chi connectivity index (χ0) is 22.9. The van der Waals surface area contributed by atoms with Crippen LogP contribution < -0.4 is 15.5 Å². The van der Waals surface area contributed by atoms with Crippen LogP contribution in [0.2, 0.25) is 0 Å². The predicted octanol–water partition coefficient (Wildman–Crippen LogP) is 3.23. The van der Waals surface area contributed by atoms with Crippen LogP contribution in [0.15, 0.2) is 77.9 Å². The van der Waals surface area contributed by atoms with Gasteiger partial charge in [0.25, 0.3) is 11.8 Å². The number of ether oxygens (including phenoxy) is 1. The number of nitrogens with zero attached hydrogens (tertiary/aromatic N) is 1. The minimum absolute atomic E-state index is 0.157. The molecule has 0 saturated carbocycles. The molecule has 2 N–H and O–H groups in total. The van der Waals surface area contributed by atoms with E-state index in [1.165, 1.54) is 36.5 Å². The summed E-state index contributed by atoms with van der Waals surface area (Å²) in [5.41, 5.74) is 4.09. The van der Waals surface area contributed by atoms with Gasteiger partial charge in [-0.1, -0.05) is 30.3 Å². The Morgan fingerprint density at radius 2 is 1.59 bits per heavy atom. The third-order valence-corrected chi connectivity index (χ3v) is 4.39. The summed E-state index contributed by atoms with van der Waals surface area (Å²) in [6.07, 6.45) is 1.39. The molecule has 0 spiro atoms. The highest BCUT2D eigenvalue weighted by molar-refractivity contribution is 5.97. The van der Waals surface area contributed by atoms with E-state index in [1.54, 1.807) is 30.3 Å². The van der Waals surface area contributed by atoms with Crippen molar-refractivity contribution in [3.05, 3.63) is 101 Å². The number of aryl methyl sites for hydroxylation is 1. The number of nitrogens with one attached hydrogen (secondary N) is 2. The lowest BCUT2D eigenvalue weighted by Gasteiger charge is -2.06. The summed E-state index contributed by atoms with van der Waals surface area (Å²) in [6, 6.07) is 18.9. The number of benzene rings is 3. The van der Waals surface area contributed by atoms with Gasteiger partial charge in [0.1, 0.15) is 11.6 Å². The predicted molar refractivity (Wildman–Crippen MR) is 117 cm³/mol. The van der Waals surface area contributed by atoms with Crippen LogP contribution in [0.25, 0.3) is 0 Å². The minimum atomic E-state index is -0.801. The molecule has 3 aromatic carbocycles. The molecule has 0 aliphatic rings. The second kappa shape index (κ2) is 10.6. The molecule has 0 aliphatic heterocycles. The standard InChI is InChI=1S/C24H20FN3O4/c1-16-6-2-3-7-19(16)23(30)26-15-22(29)28-27-14-17-10-12-18(13-11-17)32-24(31)20-8-4-5-9-21(20)25/h2-14H,15H2,1H3,(H,26,30)(H,28,29)/b27-14+. The number of hydrazone groups is 1. The second-order valence-corrected chi connectivity index (χ2v) is 6.73. The molecule has 0 heterocycles. The summed E-state index contributed by atoms with van der Waals surface area (Å²) in [6.45, 7) is 1.58. The van der Waals surface area contributed by atoms with Crippen LogP contribution >= 0.6 is 0 Å². The maximum atomic E-state index is 13.6. The summed E-state index contributed by atoms with van der Waals surface area (Å²) >= 11 is 0. The maximum absolute atomic E-state index is 13.6. The average Bonchev–Trinajstić information content (AvgIpc) is 2.79. The molecule has 0 aliphatic carbocycles. The summed E-state index contributed by atoms with van der Waals surface area (Å²) < 4.78 is 18.8. The lowest BCUT2D eigenvalue weighted by molar-refractivity contribution is -0.120. The number of esters is 1. The molecular formula is C24H20FN3O4. The topological polar surface area (TPSA) is 96.9 Å². The van der Waals surface area contributed by atoms with Crippen LogP contribution in [0.5, 0.6) is 5.75 Å². The molecule has 0 fully saturated rings.